The van der Waals surface area contributed by atoms with Gasteiger partial charge in [-0.25, -0.2) is 9.37 Å². The molecule has 96 valence electrons. The number of aliphatic hydroxyl groups excluding tert-OH is 2. The minimum absolute atomic E-state index is 0.0135. The van der Waals surface area contributed by atoms with Gasteiger partial charge >= 0.3 is 0 Å². The first-order chi connectivity index (χ1) is 8.19. The Kier molecular flexibility index (Phi) is 5.82. The molecule has 0 aliphatic carbocycles. The molecule has 1 aromatic rings. The lowest BCUT2D eigenvalue weighted by molar-refractivity contribution is 0.0970. The third kappa shape index (κ3) is 4.26. The van der Waals surface area contributed by atoms with Gasteiger partial charge in [0.15, 0.2) is 0 Å². The Morgan fingerprint density at radius 2 is 2.18 bits per heavy atom. The molecule has 17 heavy (non-hydrogen) atoms. The topological polar surface area (TPSA) is 65.8 Å². The molecule has 0 aliphatic heterocycles. The van der Waals surface area contributed by atoms with E-state index in [1.165, 1.54) is 6.07 Å². The van der Waals surface area contributed by atoms with Crippen LogP contribution in [0.15, 0.2) is 12.3 Å². The van der Waals surface area contributed by atoms with Gasteiger partial charge in [-0.05, 0) is 6.07 Å². The summed E-state index contributed by atoms with van der Waals surface area (Å²) in [6, 6.07) is 1.26. The number of ether oxygens (including phenoxy) is 1. The Morgan fingerprint density at radius 3 is 2.82 bits per heavy atom. The molecule has 0 unspecified atom stereocenters. The molecule has 0 radical (unpaired) electrons. The first kappa shape index (κ1) is 13.8. The molecule has 1 rings (SSSR count). The van der Waals surface area contributed by atoms with E-state index in [9.17, 15) is 4.39 Å². The molecule has 0 amide bonds. The van der Waals surface area contributed by atoms with Gasteiger partial charge < -0.3 is 19.8 Å². The van der Waals surface area contributed by atoms with Gasteiger partial charge in [0.1, 0.15) is 11.6 Å². The summed E-state index contributed by atoms with van der Waals surface area (Å²) in [5.74, 6) is 0.0595. The average molecular weight is 244 g/mol. The van der Waals surface area contributed by atoms with Crippen molar-refractivity contribution in [1.29, 1.82) is 0 Å². The molecule has 1 heterocycles. The zero-order valence-corrected chi connectivity index (χ0v) is 9.77. The van der Waals surface area contributed by atoms with E-state index in [0.717, 1.165) is 6.20 Å². The highest BCUT2D eigenvalue weighted by Gasteiger charge is 2.09. The molecule has 0 spiro atoms. The van der Waals surface area contributed by atoms with E-state index in [1.807, 2.05) is 0 Å². The lowest BCUT2D eigenvalue weighted by atomic mass is 10.2. The molecule has 0 aromatic carbocycles. The predicted octanol–water partition coefficient (Wildman–Crippen LogP) is 0.158. The Bertz CT molecular complexity index is 349. The van der Waals surface area contributed by atoms with Gasteiger partial charge in [-0.15, -0.1) is 0 Å². The molecule has 0 aliphatic rings. The fourth-order valence-electron chi connectivity index (χ4n) is 1.41. The first-order valence-corrected chi connectivity index (χ1v) is 5.34. The fourth-order valence-corrected chi connectivity index (χ4v) is 1.41. The van der Waals surface area contributed by atoms with E-state index in [1.54, 1.807) is 11.9 Å². The number of nitrogens with zero attached hydrogens (tertiary/aromatic N) is 2. The van der Waals surface area contributed by atoms with Crippen molar-refractivity contribution in [1.82, 2.24) is 4.98 Å². The molecule has 5 nitrogen and oxygen atoms in total. The van der Waals surface area contributed by atoms with Crippen molar-refractivity contribution in [2.24, 2.45) is 0 Å². The van der Waals surface area contributed by atoms with Crippen molar-refractivity contribution in [2.75, 3.05) is 38.3 Å². The summed E-state index contributed by atoms with van der Waals surface area (Å²) in [4.78, 5) is 5.70. The van der Waals surface area contributed by atoms with Crippen LogP contribution in [0.25, 0.3) is 0 Å². The Hall–Kier alpha value is -1.24. The third-order valence-corrected chi connectivity index (χ3v) is 2.25. The first-order valence-electron chi connectivity index (χ1n) is 5.34. The van der Waals surface area contributed by atoms with Crippen molar-refractivity contribution in [3.8, 4) is 0 Å². The summed E-state index contributed by atoms with van der Waals surface area (Å²) < 4.78 is 18.0. The van der Waals surface area contributed by atoms with Crippen LogP contribution in [0.2, 0.25) is 0 Å². The lowest BCUT2D eigenvalue weighted by Crippen LogP contribution is -2.25. The summed E-state index contributed by atoms with van der Waals surface area (Å²) in [5.41, 5.74) is 0.439. The number of pyridine rings is 1. The van der Waals surface area contributed by atoms with E-state index in [-0.39, 0.29) is 19.8 Å². The average Bonchev–Trinajstić information content (AvgIpc) is 2.34. The summed E-state index contributed by atoms with van der Waals surface area (Å²) in [6.45, 7) is 0.993. The number of rotatable bonds is 7. The largest absolute Gasteiger partial charge is 0.394 e. The normalized spacial score (nSPS) is 10.6. The minimum Gasteiger partial charge on any atom is -0.394 e. The van der Waals surface area contributed by atoms with Crippen LogP contribution in [-0.4, -0.2) is 48.6 Å². The van der Waals surface area contributed by atoms with Crippen LogP contribution >= 0.6 is 0 Å². The summed E-state index contributed by atoms with van der Waals surface area (Å²) in [7, 11) is 1.78. The van der Waals surface area contributed by atoms with Crippen molar-refractivity contribution in [3.05, 3.63) is 23.6 Å². The predicted molar refractivity (Wildman–Crippen MR) is 61.3 cm³/mol. The number of halogens is 1. The smallest absolute Gasteiger partial charge is 0.142 e. The van der Waals surface area contributed by atoms with Crippen LogP contribution in [0, 0.1) is 5.82 Å². The van der Waals surface area contributed by atoms with Gasteiger partial charge in [-0.1, -0.05) is 0 Å². The monoisotopic (exact) mass is 244 g/mol. The quantitative estimate of drug-likeness (QED) is 0.669. The summed E-state index contributed by atoms with van der Waals surface area (Å²) in [6.07, 6.45) is 1.11. The maximum Gasteiger partial charge on any atom is 0.142 e. The van der Waals surface area contributed by atoms with E-state index < -0.39 is 5.82 Å². The van der Waals surface area contributed by atoms with Gasteiger partial charge in [0.25, 0.3) is 0 Å². The van der Waals surface area contributed by atoms with Crippen molar-refractivity contribution >= 4 is 5.82 Å². The third-order valence-electron chi connectivity index (χ3n) is 2.25. The van der Waals surface area contributed by atoms with Crippen molar-refractivity contribution in [2.45, 2.75) is 6.61 Å². The zero-order valence-electron chi connectivity index (χ0n) is 9.77. The zero-order chi connectivity index (χ0) is 12.7. The van der Waals surface area contributed by atoms with Gasteiger partial charge in [0.2, 0.25) is 0 Å². The highest BCUT2D eigenvalue weighted by atomic mass is 19.1. The number of anilines is 1. The SMILES string of the molecule is CN(CCOCCO)c1ncc(F)cc1CO. The van der Waals surface area contributed by atoms with Gasteiger partial charge in [0.05, 0.1) is 32.6 Å². The number of likely N-dealkylation sites (N-methyl/N-ethyl adjacent to an activating group) is 1. The standard InChI is InChI=1S/C11H17FN2O3/c1-14(2-4-17-5-3-15)11-9(8-16)6-10(12)7-13-11/h6-7,15-16H,2-5,8H2,1H3. The molecule has 0 atom stereocenters. The highest BCUT2D eigenvalue weighted by Crippen LogP contribution is 2.16. The molecule has 2 N–H and O–H groups in total. The molecule has 0 fully saturated rings. The second kappa shape index (κ2) is 7.16. The molecule has 0 saturated carbocycles. The molecule has 0 bridgehead atoms. The van der Waals surface area contributed by atoms with Crippen LogP contribution in [0.5, 0.6) is 0 Å². The van der Waals surface area contributed by atoms with Crippen molar-refractivity contribution in [3.63, 3.8) is 0 Å². The number of aliphatic hydroxyl groups is 2. The van der Waals surface area contributed by atoms with Gasteiger partial charge in [-0.2, -0.15) is 0 Å². The molecule has 6 heteroatoms. The van der Waals surface area contributed by atoms with Gasteiger partial charge in [0, 0.05) is 19.2 Å². The Labute approximate surface area is 99.5 Å². The molecular weight excluding hydrogens is 227 g/mol. The van der Waals surface area contributed by atoms with E-state index in [4.69, 9.17) is 14.9 Å². The maximum absolute atomic E-state index is 12.9. The number of hydrogen-bond donors (Lipinski definition) is 2. The molecule has 0 saturated heterocycles. The Balaban J connectivity index is 2.58. The molecule has 1 aromatic heterocycles. The van der Waals surface area contributed by atoms with Crippen molar-refractivity contribution < 1.29 is 19.3 Å². The highest BCUT2D eigenvalue weighted by molar-refractivity contribution is 5.45. The second-order valence-electron chi connectivity index (χ2n) is 3.55. The maximum atomic E-state index is 12.9. The van der Waals surface area contributed by atoms with Gasteiger partial charge in [-0.3, -0.25) is 0 Å². The fraction of sp³-hybridized carbons (Fsp3) is 0.545. The van der Waals surface area contributed by atoms with Crippen LogP contribution in [0.4, 0.5) is 10.2 Å². The summed E-state index contributed by atoms with van der Waals surface area (Å²) in [5, 5.41) is 17.6. The van der Waals surface area contributed by atoms with Crippen LogP contribution in [-0.2, 0) is 11.3 Å². The molecular formula is C11H17FN2O3. The lowest BCUT2D eigenvalue weighted by Gasteiger charge is -2.20. The summed E-state index contributed by atoms with van der Waals surface area (Å²) >= 11 is 0. The number of hydrogen-bond acceptors (Lipinski definition) is 5. The second-order valence-corrected chi connectivity index (χ2v) is 3.55. The van der Waals surface area contributed by atoms with E-state index in [2.05, 4.69) is 4.98 Å². The van der Waals surface area contributed by atoms with Crippen LogP contribution in [0.3, 0.4) is 0 Å². The Morgan fingerprint density at radius 1 is 1.41 bits per heavy atom. The van der Waals surface area contributed by atoms with E-state index >= 15 is 0 Å². The minimum atomic E-state index is -0.470. The van der Waals surface area contributed by atoms with Crippen LogP contribution < -0.4 is 4.90 Å². The van der Waals surface area contributed by atoms with E-state index in [0.29, 0.717) is 24.5 Å². The number of aromatic nitrogens is 1. The van der Waals surface area contributed by atoms with Crippen LogP contribution in [0.1, 0.15) is 5.56 Å².